The molecular formula is C20H18ClF3N4O3. The molecule has 164 valence electrons. The van der Waals surface area contributed by atoms with E-state index in [0.29, 0.717) is 6.20 Å². The van der Waals surface area contributed by atoms with Crippen LogP contribution in [0.4, 0.5) is 19.0 Å². The minimum atomic E-state index is -4.55. The highest BCUT2D eigenvalue weighted by molar-refractivity contribution is 6.33. The summed E-state index contributed by atoms with van der Waals surface area (Å²) in [6, 6.07) is 9.66. The van der Waals surface area contributed by atoms with Crippen molar-refractivity contribution in [1.82, 2.24) is 14.9 Å². The van der Waals surface area contributed by atoms with Gasteiger partial charge < -0.3 is 5.32 Å². The number of nitrogens with one attached hydrogen (secondary N) is 1. The van der Waals surface area contributed by atoms with Crippen LogP contribution in [0.5, 0.6) is 0 Å². The number of hydrogen-bond donors (Lipinski definition) is 1. The van der Waals surface area contributed by atoms with Gasteiger partial charge in [-0.05, 0) is 11.6 Å². The van der Waals surface area contributed by atoms with Gasteiger partial charge in [0.2, 0.25) is 5.91 Å². The molecule has 1 aromatic carbocycles. The van der Waals surface area contributed by atoms with E-state index in [2.05, 4.69) is 10.3 Å². The normalized spacial score (nSPS) is 24.0. The van der Waals surface area contributed by atoms with Crippen molar-refractivity contribution in [2.45, 2.75) is 18.3 Å². The highest BCUT2D eigenvalue weighted by atomic mass is 35.5. The van der Waals surface area contributed by atoms with Crippen LogP contribution in [-0.2, 0) is 20.6 Å². The number of hydrogen-bond acceptors (Lipinski definition) is 6. The number of pyridine rings is 1. The monoisotopic (exact) mass is 454 g/mol. The maximum atomic E-state index is 13.0. The summed E-state index contributed by atoms with van der Waals surface area (Å²) in [5.74, 6) is -1.45. The van der Waals surface area contributed by atoms with E-state index in [-0.39, 0.29) is 29.8 Å². The molecule has 3 heterocycles. The summed E-state index contributed by atoms with van der Waals surface area (Å²) in [6.07, 6.45) is -4.79. The highest BCUT2D eigenvalue weighted by Crippen LogP contribution is 2.43. The van der Waals surface area contributed by atoms with Crippen molar-refractivity contribution in [3.63, 3.8) is 0 Å². The number of likely N-dealkylation sites (tertiary alicyclic amines) is 1. The molecule has 0 unspecified atom stereocenters. The number of alkyl halides is 3. The first-order chi connectivity index (χ1) is 14.7. The van der Waals surface area contributed by atoms with Gasteiger partial charge in [0.1, 0.15) is 5.82 Å². The van der Waals surface area contributed by atoms with Gasteiger partial charge in [0.15, 0.2) is 6.10 Å². The highest BCUT2D eigenvalue weighted by Gasteiger charge is 2.58. The lowest BCUT2D eigenvalue weighted by molar-refractivity contribution is -0.169. The Morgan fingerprint density at radius 2 is 1.90 bits per heavy atom. The maximum Gasteiger partial charge on any atom is 0.417 e. The van der Waals surface area contributed by atoms with Gasteiger partial charge in [-0.2, -0.15) is 18.2 Å². The molecule has 4 rings (SSSR count). The Hall–Kier alpha value is -2.69. The molecule has 3 atom stereocenters. The smallest absolute Gasteiger partial charge is 0.367 e. The summed E-state index contributed by atoms with van der Waals surface area (Å²) in [4.78, 5) is 36.2. The van der Waals surface area contributed by atoms with Crippen LogP contribution in [0.3, 0.4) is 0 Å². The second-order valence-electron chi connectivity index (χ2n) is 7.26. The van der Waals surface area contributed by atoms with E-state index in [1.54, 1.807) is 7.05 Å². The van der Waals surface area contributed by atoms with E-state index < -0.39 is 35.7 Å². The molecule has 7 nitrogen and oxygen atoms in total. The fraction of sp³-hybridized carbons (Fsp3) is 0.350. The molecule has 2 aliphatic rings. The topological polar surface area (TPSA) is 74.8 Å². The lowest BCUT2D eigenvalue weighted by Crippen LogP contribution is -2.39. The van der Waals surface area contributed by atoms with E-state index in [1.165, 1.54) is 5.06 Å². The zero-order valence-corrected chi connectivity index (χ0v) is 17.0. The largest absolute Gasteiger partial charge is 0.417 e. The summed E-state index contributed by atoms with van der Waals surface area (Å²) >= 11 is 5.87. The Labute approximate surface area is 180 Å². The molecule has 2 aromatic rings. The van der Waals surface area contributed by atoms with Gasteiger partial charge in [-0.1, -0.05) is 41.9 Å². The molecule has 0 saturated carbocycles. The van der Waals surface area contributed by atoms with E-state index in [9.17, 15) is 22.8 Å². The first kappa shape index (κ1) is 21.5. The summed E-state index contributed by atoms with van der Waals surface area (Å²) in [6.45, 7) is 0.0686. The van der Waals surface area contributed by atoms with Crippen LogP contribution in [0, 0.1) is 5.92 Å². The lowest BCUT2D eigenvalue weighted by atomic mass is 9.91. The lowest BCUT2D eigenvalue weighted by Gasteiger charge is -2.24. The molecular weight excluding hydrogens is 437 g/mol. The van der Waals surface area contributed by atoms with Crippen molar-refractivity contribution in [2.75, 3.05) is 25.5 Å². The van der Waals surface area contributed by atoms with E-state index in [1.807, 2.05) is 30.3 Å². The predicted molar refractivity (Wildman–Crippen MR) is 105 cm³/mol. The number of benzene rings is 1. The average Bonchev–Trinajstić information content (AvgIpc) is 3.18. The Bertz CT molecular complexity index is 1000. The van der Waals surface area contributed by atoms with Gasteiger partial charge in [-0.15, -0.1) is 0 Å². The number of carbonyl (C=O) groups is 2. The minimum absolute atomic E-state index is 0.00170. The Morgan fingerprint density at radius 3 is 2.55 bits per heavy atom. The predicted octanol–water partition coefficient (Wildman–Crippen LogP) is 3.14. The molecule has 1 N–H and O–H groups in total. The van der Waals surface area contributed by atoms with Crippen molar-refractivity contribution in [3.05, 3.63) is 58.7 Å². The molecule has 2 fully saturated rings. The third-order valence-electron chi connectivity index (χ3n) is 5.34. The number of halogens is 4. The molecule has 31 heavy (non-hydrogen) atoms. The standard InChI is InChI=1S/C20H18ClF3N4O3/c1-27-15(11-5-3-2-4-6-11)14-16(31-27)19(30)28(18(14)29)8-7-25-17-13(21)9-12(10-26-17)20(22,23)24/h2-6,9-10,14-16H,7-8H2,1H3,(H,25,26)/t14-,15-,16+/m1/s1. The Balaban J connectivity index is 1.43. The number of rotatable bonds is 5. The van der Waals surface area contributed by atoms with Crippen LogP contribution < -0.4 is 5.32 Å². The number of anilines is 1. The van der Waals surface area contributed by atoms with Gasteiger partial charge in [0.25, 0.3) is 5.91 Å². The zero-order valence-electron chi connectivity index (χ0n) is 16.3. The molecule has 0 radical (unpaired) electrons. The molecule has 2 aliphatic heterocycles. The molecule has 0 aliphatic carbocycles. The zero-order chi connectivity index (χ0) is 22.3. The summed E-state index contributed by atoms with van der Waals surface area (Å²) in [5.41, 5.74) is -0.103. The number of carbonyl (C=O) groups excluding carboxylic acids is 2. The first-order valence-corrected chi connectivity index (χ1v) is 9.82. The van der Waals surface area contributed by atoms with Crippen LogP contribution in [0.1, 0.15) is 17.2 Å². The van der Waals surface area contributed by atoms with E-state index >= 15 is 0 Å². The van der Waals surface area contributed by atoms with Crippen molar-refractivity contribution in [3.8, 4) is 0 Å². The van der Waals surface area contributed by atoms with Crippen LogP contribution >= 0.6 is 11.6 Å². The molecule has 1 aromatic heterocycles. The third-order valence-corrected chi connectivity index (χ3v) is 5.62. The van der Waals surface area contributed by atoms with Crippen LogP contribution in [0.15, 0.2) is 42.6 Å². The van der Waals surface area contributed by atoms with Gasteiger partial charge >= 0.3 is 6.18 Å². The number of amides is 2. The van der Waals surface area contributed by atoms with Gasteiger partial charge in [0.05, 0.1) is 22.5 Å². The molecule has 0 spiro atoms. The van der Waals surface area contributed by atoms with Gasteiger partial charge in [-0.25, -0.2) is 4.98 Å². The summed E-state index contributed by atoms with van der Waals surface area (Å²) in [7, 11) is 1.68. The van der Waals surface area contributed by atoms with Crippen molar-refractivity contribution < 1.29 is 27.6 Å². The van der Waals surface area contributed by atoms with E-state index in [4.69, 9.17) is 16.4 Å². The first-order valence-electron chi connectivity index (χ1n) is 9.45. The van der Waals surface area contributed by atoms with Crippen LogP contribution in [-0.4, -0.2) is 53.0 Å². The fourth-order valence-electron chi connectivity index (χ4n) is 3.90. The maximum absolute atomic E-state index is 13.0. The van der Waals surface area contributed by atoms with Gasteiger partial charge in [0, 0.05) is 26.3 Å². The minimum Gasteiger partial charge on any atom is -0.367 e. The Morgan fingerprint density at radius 1 is 1.19 bits per heavy atom. The third kappa shape index (κ3) is 3.98. The SMILES string of the molecule is CN1O[C@@H]2C(=O)N(CCNc3ncc(C(F)(F)F)cc3Cl)C(=O)[C@@H]2[C@H]1c1ccccc1. The second-order valence-corrected chi connectivity index (χ2v) is 7.67. The number of imide groups is 1. The van der Waals surface area contributed by atoms with Crippen molar-refractivity contribution in [1.29, 1.82) is 0 Å². The Kier molecular flexibility index (Phi) is 5.63. The quantitative estimate of drug-likeness (QED) is 0.700. The fourth-order valence-corrected chi connectivity index (χ4v) is 4.14. The van der Waals surface area contributed by atoms with Gasteiger partial charge in [-0.3, -0.25) is 19.3 Å². The van der Waals surface area contributed by atoms with Crippen molar-refractivity contribution >= 4 is 29.2 Å². The number of fused-ring (bicyclic) bond motifs is 1. The van der Waals surface area contributed by atoms with Crippen LogP contribution in [0.25, 0.3) is 0 Å². The summed E-state index contributed by atoms with van der Waals surface area (Å²) in [5, 5.41) is 4.09. The van der Waals surface area contributed by atoms with Crippen molar-refractivity contribution in [2.24, 2.45) is 5.92 Å². The number of hydroxylamine groups is 2. The number of nitrogens with zero attached hydrogens (tertiary/aromatic N) is 3. The summed E-state index contributed by atoms with van der Waals surface area (Å²) < 4.78 is 38.2. The molecule has 2 saturated heterocycles. The molecule has 0 bridgehead atoms. The van der Waals surface area contributed by atoms with Crippen LogP contribution in [0.2, 0.25) is 5.02 Å². The number of aromatic nitrogens is 1. The second kappa shape index (κ2) is 8.10. The average molecular weight is 455 g/mol. The molecule has 2 amide bonds. The van der Waals surface area contributed by atoms with E-state index in [0.717, 1.165) is 16.5 Å². The molecule has 11 heteroatoms.